The fraction of sp³-hybridized carbons (Fsp3) is 0.721. The number of aryl methyl sites for hydroxylation is 1. The lowest BCUT2D eigenvalue weighted by atomic mass is 9.64. The second-order valence-corrected chi connectivity index (χ2v) is 17.2. The molecule has 0 aromatic heterocycles. The highest BCUT2D eigenvalue weighted by molar-refractivity contribution is 5.39. The van der Waals surface area contributed by atoms with E-state index < -0.39 is 0 Å². The van der Waals surface area contributed by atoms with Crippen molar-refractivity contribution in [1.82, 2.24) is 16.0 Å². The lowest BCUT2D eigenvalue weighted by Gasteiger charge is -2.47. The maximum absolute atomic E-state index is 7.15. The highest BCUT2D eigenvalue weighted by Crippen LogP contribution is 2.53. The molecular formula is C43H61N3O. The van der Waals surface area contributed by atoms with Crippen molar-refractivity contribution in [2.45, 2.75) is 159 Å². The van der Waals surface area contributed by atoms with Crippen LogP contribution in [0.15, 0.2) is 48.5 Å². The fourth-order valence-corrected chi connectivity index (χ4v) is 12.3. The van der Waals surface area contributed by atoms with Crippen molar-refractivity contribution < 1.29 is 4.74 Å². The summed E-state index contributed by atoms with van der Waals surface area (Å²) in [7, 11) is 0. The third kappa shape index (κ3) is 6.39. The number of fused-ring (bicyclic) bond motifs is 4. The van der Waals surface area contributed by atoms with Gasteiger partial charge in [0, 0.05) is 0 Å². The SMILES string of the molecule is c1ccc(C2NC(C3CCCCC3)NC(C3CCC4C(C3)OC3CC(C5CCC(c6cccc7c6CCCC7)CC5)CCC34)N2)cc1. The van der Waals surface area contributed by atoms with E-state index >= 15 is 0 Å². The van der Waals surface area contributed by atoms with Crippen LogP contribution in [0, 0.1) is 35.5 Å². The zero-order valence-electron chi connectivity index (χ0n) is 28.9. The van der Waals surface area contributed by atoms with E-state index in [1.54, 1.807) is 16.7 Å². The Bertz CT molecular complexity index is 1330. The maximum Gasteiger partial charge on any atom is 0.0859 e. The zero-order valence-corrected chi connectivity index (χ0v) is 28.9. The number of rotatable bonds is 5. The first-order valence-electron chi connectivity index (χ1n) is 20.4. The van der Waals surface area contributed by atoms with E-state index in [9.17, 15) is 0 Å². The van der Waals surface area contributed by atoms with E-state index in [0.717, 1.165) is 35.5 Å². The summed E-state index contributed by atoms with van der Waals surface area (Å²) in [4.78, 5) is 0. The van der Waals surface area contributed by atoms with E-state index in [-0.39, 0.29) is 6.17 Å². The summed E-state index contributed by atoms with van der Waals surface area (Å²) < 4.78 is 7.15. The van der Waals surface area contributed by atoms with Crippen LogP contribution in [0.1, 0.15) is 143 Å². The van der Waals surface area contributed by atoms with Gasteiger partial charge >= 0.3 is 0 Å². The van der Waals surface area contributed by atoms with Gasteiger partial charge in [0.05, 0.1) is 30.7 Å². The molecule has 0 bridgehead atoms. The van der Waals surface area contributed by atoms with Crippen LogP contribution in [0.4, 0.5) is 0 Å². The molecule has 0 radical (unpaired) electrons. The quantitative estimate of drug-likeness (QED) is 0.307. The van der Waals surface area contributed by atoms with E-state index in [0.29, 0.717) is 30.5 Å². The largest absolute Gasteiger partial charge is 0.374 e. The van der Waals surface area contributed by atoms with Crippen molar-refractivity contribution in [3.63, 3.8) is 0 Å². The van der Waals surface area contributed by atoms with Crippen molar-refractivity contribution in [3.05, 3.63) is 70.8 Å². The number of benzene rings is 2. The van der Waals surface area contributed by atoms with Crippen LogP contribution < -0.4 is 16.0 Å². The lowest BCUT2D eigenvalue weighted by Crippen LogP contribution is -2.67. The third-order valence-corrected chi connectivity index (χ3v) is 14.8. The second kappa shape index (κ2) is 13.9. The molecule has 2 saturated heterocycles. The molecule has 0 spiro atoms. The molecule has 4 saturated carbocycles. The standard InChI is InChI=1S/C43H61N3O/c1-3-11-31(12-4-1)41-44-42(32-13-5-2-6-14-32)46-43(45-41)34-23-25-38-37-24-22-33(26-39(37)47-40(38)27-34)28-18-20-30(21-19-28)36-17-9-15-29-10-7-8-16-35(29)36/h1,3-4,9,11-12,15,17,28,30,32-34,37-46H,2,5-8,10,13-14,16,18-27H2. The minimum atomic E-state index is 0.224. The molecule has 4 nitrogen and oxygen atoms in total. The van der Waals surface area contributed by atoms with Crippen molar-refractivity contribution in [1.29, 1.82) is 0 Å². The van der Waals surface area contributed by atoms with Crippen molar-refractivity contribution in [2.75, 3.05) is 0 Å². The van der Waals surface area contributed by atoms with Gasteiger partial charge in [-0.1, -0.05) is 67.8 Å². The highest BCUT2D eigenvalue weighted by Gasteiger charge is 2.51. The van der Waals surface area contributed by atoms with Gasteiger partial charge in [-0.3, -0.25) is 16.0 Å². The molecule has 9 rings (SSSR count). The first-order chi connectivity index (χ1) is 23.3. The summed E-state index contributed by atoms with van der Waals surface area (Å²) in [5.41, 5.74) is 6.53. The van der Waals surface area contributed by atoms with Gasteiger partial charge in [0.2, 0.25) is 0 Å². The predicted octanol–water partition coefficient (Wildman–Crippen LogP) is 9.15. The number of ether oxygens (including phenoxy) is 1. The molecule has 9 unspecified atom stereocenters. The molecule has 2 aromatic rings. The summed E-state index contributed by atoms with van der Waals surface area (Å²) in [6, 6.07) is 18.4. The molecule has 4 heteroatoms. The van der Waals surface area contributed by atoms with Crippen LogP contribution in [0.3, 0.4) is 0 Å². The maximum atomic E-state index is 7.15. The van der Waals surface area contributed by atoms with Gasteiger partial charge in [0.1, 0.15) is 0 Å². The monoisotopic (exact) mass is 635 g/mol. The molecule has 7 aliphatic rings. The van der Waals surface area contributed by atoms with Gasteiger partial charge in [-0.05, 0) is 166 Å². The molecule has 254 valence electrons. The normalized spacial score (nSPS) is 41.1. The van der Waals surface area contributed by atoms with Crippen molar-refractivity contribution in [2.24, 2.45) is 35.5 Å². The highest BCUT2D eigenvalue weighted by atomic mass is 16.5. The van der Waals surface area contributed by atoms with Crippen LogP contribution in [0.2, 0.25) is 0 Å². The van der Waals surface area contributed by atoms with Crippen LogP contribution in [-0.2, 0) is 17.6 Å². The molecule has 2 aliphatic heterocycles. The van der Waals surface area contributed by atoms with Crippen LogP contribution >= 0.6 is 0 Å². The summed E-state index contributed by atoms with van der Waals surface area (Å²) in [5.74, 6) is 5.66. The molecule has 3 N–H and O–H groups in total. The third-order valence-electron chi connectivity index (χ3n) is 14.8. The zero-order chi connectivity index (χ0) is 31.2. The van der Waals surface area contributed by atoms with E-state index in [1.165, 1.54) is 128 Å². The summed E-state index contributed by atoms with van der Waals surface area (Å²) in [6.07, 6.45) is 28.2. The molecule has 47 heavy (non-hydrogen) atoms. The average Bonchev–Trinajstić information content (AvgIpc) is 3.52. The van der Waals surface area contributed by atoms with Gasteiger partial charge in [-0.15, -0.1) is 0 Å². The Balaban J connectivity index is 0.821. The van der Waals surface area contributed by atoms with Gasteiger partial charge in [0.15, 0.2) is 0 Å². The van der Waals surface area contributed by atoms with Gasteiger partial charge in [-0.25, -0.2) is 0 Å². The van der Waals surface area contributed by atoms with E-state index in [2.05, 4.69) is 64.5 Å². The summed E-state index contributed by atoms with van der Waals surface area (Å²) in [5, 5.41) is 12.2. The van der Waals surface area contributed by atoms with E-state index in [1.807, 2.05) is 0 Å². The minimum Gasteiger partial charge on any atom is -0.374 e. The second-order valence-electron chi connectivity index (χ2n) is 17.2. The smallest absolute Gasteiger partial charge is 0.0859 e. The van der Waals surface area contributed by atoms with Crippen LogP contribution in [0.5, 0.6) is 0 Å². The average molecular weight is 636 g/mol. The molecule has 2 aromatic carbocycles. The Labute approximate surface area is 285 Å². The Morgan fingerprint density at radius 1 is 0.511 bits per heavy atom. The number of hydrogen-bond acceptors (Lipinski definition) is 4. The first-order valence-corrected chi connectivity index (χ1v) is 20.4. The summed E-state index contributed by atoms with van der Waals surface area (Å²) >= 11 is 0. The minimum absolute atomic E-state index is 0.224. The predicted molar refractivity (Wildman–Crippen MR) is 191 cm³/mol. The Morgan fingerprint density at radius 3 is 1.98 bits per heavy atom. The van der Waals surface area contributed by atoms with Crippen LogP contribution in [-0.4, -0.2) is 24.5 Å². The van der Waals surface area contributed by atoms with Crippen molar-refractivity contribution >= 4 is 0 Å². The first kappa shape index (κ1) is 31.3. The van der Waals surface area contributed by atoms with Gasteiger partial charge in [-0.2, -0.15) is 0 Å². The van der Waals surface area contributed by atoms with Gasteiger partial charge in [0.25, 0.3) is 0 Å². The molecule has 6 fully saturated rings. The molecule has 9 atom stereocenters. The fourth-order valence-electron chi connectivity index (χ4n) is 12.3. The topological polar surface area (TPSA) is 45.3 Å². The van der Waals surface area contributed by atoms with Crippen LogP contribution in [0.25, 0.3) is 0 Å². The Kier molecular flexibility index (Phi) is 9.24. The summed E-state index contributed by atoms with van der Waals surface area (Å²) in [6.45, 7) is 0. The lowest BCUT2D eigenvalue weighted by molar-refractivity contribution is -0.0294. The van der Waals surface area contributed by atoms with Gasteiger partial charge < -0.3 is 4.74 Å². The number of hydrogen-bond donors (Lipinski definition) is 3. The Morgan fingerprint density at radius 2 is 1.19 bits per heavy atom. The molecular weight excluding hydrogens is 574 g/mol. The molecule has 2 heterocycles. The van der Waals surface area contributed by atoms with Crippen molar-refractivity contribution in [3.8, 4) is 0 Å². The Hall–Kier alpha value is -1.72. The molecule has 5 aliphatic carbocycles. The van der Waals surface area contributed by atoms with E-state index in [4.69, 9.17) is 4.74 Å². The number of nitrogens with one attached hydrogen (secondary N) is 3. The molecule has 0 amide bonds.